The minimum Gasteiger partial charge on any atom is -0.399 e. The van der Waals surface area contributed by atoms with Crippen LogP contribution in [0.5, 0.6) is 0 Å². The lowest BCUT2D eigenvalue weighted by Crippen LogP contribution is -2.03. The van der Waals surface area contributed by atoms with Gasteiger partial charge < -0.3 is 5.73 Å². The van der Waals surface area contributed by atoms with Gasteiger partial charge in [0.15, 0.2) is 5.78 Å². The summed E-state index contributed by atoms with van der Waals surface area (Å²) in [6.45, 7) is 0. The molecule has 4 heteroatoms. The number of nitrogen functional groups attached to an aromatic ring is 1. The number of carbonyl (C=O) groups is 1. The summed E-state index contributed by atoms with van der Waals surface area (Å²) in [5.41, 5.74) is 7.25. The summed E-state index contributed by atoms with van der Waals surface area (Å²) in [5, 5.41) is 0.383. The van der Waals surface area contributed by atoms with Gasteiger partial charge in [0.2, 0.25) is 0 Å². The monoisotopic (exact) mass is 357 g/mol. The second-order valence-electron chi connectivity index (χ2n) is 3.58. The molecule has 17 heavy (non-hydrogen) atoms. The molecule has 2 aromatic rings. The number of halogens is 2. The van der Waals surface area contributed by atoms with Crippen LogP contribution in [0.1, 0.15) is 15.9 Å². The van der Waals surface area contributed by atoms with Crippen LogP contribution in [-0.2, 0) is 0 Å². The summed E-state index contributed by atoms with van der Waals surface area (Å²) in [5.74, 6) is -0.0893. The van der Waals surface area contributed by atoms with E-state index in [0.717, 1.165) is 3.57 Å². The Hall–Kier alpha value is -1.07. The maximum atomic E-state index is 12.2. The van der Waals surface area contributed by atoms with Crippen LogP contribution in [0, 0.1) is 3.57 Å². The van der Waals surface area contributed by atoms with Crippen LogP contribution in [0.25, 0.3) is 0 Å². The van der Waals surface area contributed by atoms with Crippen molar-refractivity contribution >= 4 is 45.7 Å². The first-order valence-corrected chi connectivity index (χ1v) is 6.39. The fourth-order valence-corrected chi connectivity index (χ4v) is 2.32. The standard InChI is InChI=1S/C13H9ClINO/c14-12-7-10(16)4-5-11(12)13(17)8-2-1-3-9(15)6-8/h1-7H,16H2. The van der Waals surface area contributed by atoms with Crippen molar-refractivity contribution in [1.29, 1.82) is 0 Å². The molecule has 2 rings (SSSR count). The van der Waals surface area contributed by atoms with Gasteiger partial charge in [0.25, 0.3) is 0 Å². The number of nitrogens with two attached hydrogens (primary N) is 1. The zero-order valence-electron chi connectivity index (χ0n) is 8.78. The van der Waals surface area contributed by atoms with Gasteiger partial charge in [-0.05, 0) is 52.9 Å². The fraction of sp³-hybridized carbons (Fsp3) is 0. The summed E-state index contributed by atoms with van der Waals surface area (Å²) < 4.78 is 1.01. The van der Waals surface area contributed by atoms with E-state index in [2.05, 4.69) is 22.6 Å². The molecule has 86 valence electrons. The third kappa shape index (κ3) is 2.79. The lowest BCUT2D eigenvalue weighted by Gasteiger charge is -2.05. The number of hydrogen-bond donors (Lipinski definition) is 1. The third-order valence-corrected chi connectivity index (χ3v) is 3.31. The molecule has 0 bridgehead atoms. The number of ketones is 1. The molecule has 0 spiro atoms. The predicted molar refractivity (Wildman–Crippen MR) is 78.5 cm³/mol. The Morgan fingerprint density at radius 1 is 1.18 bits per heavy atom. The highest BCUT2D eigenvalue weighted by atomic mass is 127. The van der Waals surface area contributed by atoms with Crippen LogP contribution in [0.4, 0.5) is 5.69 Å². The summed E-state index contributed by atoms with van der Waals surface area (Å²) in [7, 11) is 0. The van der Waals surface area contributed by atoms with E-state index >= 15 is 0 Å². The second kappa shape index (κ2) is 5.06. The van der Waals surface area contributed by atoms with Crippen molar-refractivity contribution in [2.24, 2.45) is 0 Å². The molecule has 2 aromatic carbocycles. The van der Waals surface area contributed by atoms with E-state index in [1.807, 2.05) is 18.2 Å². The molecule has 0 aromatic heterocycles. The van der Waals surface area contributed by atoms with Crippen LogP contribution in [0.2, 0.25) is 5.02 Å². The largest absolute Gasteiger partial charge is 0.399 e. The molecule has 0 amide bonds. The maximum Gasteiger partial charge on any atom is 0.194 e. The summed E-state index contributed by atoms with van der Waals surface area (Å²) >= 11 is 8.18. The summed E-state index contributed by atoms with van der Waals surface area (Å²) in [6.07, 6.45) is 0. The molecule has 0 saturated carbocycles. The second-order valence-corrected chi connectivity index (χ2v) is 5.23. The Labute approximate surface area is 118 Å². The van der Waals surface area contributed by atoms with Crippen molar-refractivity contribution in [3.05, 3.63) is 62.2 Å². The quantitative estimate of drug-likeness (QED) is 0.505. The number of benzene rings is 2. The van der Waals surface area contributed by atoms with Crippen LogP contribution < -0.4 is 5.73 Å². The van der Waals surface area contributed by atoms with Crippen molar-refractivity contribution in [3.63, 3.8) is 0 Å². The van der Waals surface area contributed by atoms with Crippen molar-refractivity contribution in [2.45, 2.75) is 0 Å². The van der Waals surface area contributed by atoms with Gasteiger partial charge in [-0.2, -0.15) is 0 Å². The van der Waals surface area contributed by atoms with Gasteiger partial charge in [-0.25, -0.2) is 0 Å². The van der Waals surface area contributed by atoms with Gasteiger partial charge in [0.05, 0.1) is 5.02 Å². The van der Waals surface area contributed by atoms with E-state index in [1.54, 1.807) is 24.3 Å². The molecule has 0 saturated heterocycles. The Kier molecular flexibility index (Phi) is 3.69. The SMILES string of the molecule is Nc1ccc(C(=O)c2cccc(I)c2)c(Cl)c1. The Morgan fingerprint density at radius 3 is 2.59 bits per heavy atom. The maximum absolute atomic E-state index is 12.2. The highest BCUT2D eigenvalue weighted by Gasteiger charge is 2.12. The predicted octanol–water partition coefficient (Wildman–Crippen LogP) is 3.76. The van der Waals surface area contributed by atoms with E-state index in [0.29, 0.717) is 21.8 Å². The minimum atomic E-state index is -0.0893. The topological polar surface area (TPSA) is 43.1 Å². The summed E-state index contributed by atoms with van der Waals surface area (Å²) in [4.78, 5) is 12.2. The van der Waals surface area contributed by atoms with Gasteiger partial charge in [0, 0.05) is 20.4 Å². The van der Waals surface area contributed by atoms with E-state index in [1.165, 1.54) is 0 Å². The van der Waals surface area contributed by atoms with Crippen molar-refractivity contribution in [2.75, 3.05) is 5.73 Å². The number of carbonyl (C=O) groups excluding carboxylic acids is 1. The molecule has 0 aliphatic carbocycles. The average molecular weight is 358 g/mol. The molecular formula is C13H9ClINO. The fourth-order valence-electron chi connectivity index (χ4n) is 1.50. The lowest BCUT2D eigenvalue weighted by atomic mass is 10.0. The average Bonchev–Trinajstić information content (AvgIpc) is 2.28. The van der Waals surface area contributed by atoms with Crippen LogP contribution >= 0.6 is 34.2 Å². The first kappa shape index (κ1) is 12.4. The van der Waals surface area contributed by atoms with E-state index in [4.69, 9.17) is 17.3 Å². The Morgan fingerprint density at radius 2 is 1.94 bits per heavy atom. The molecule has 0 atom stereocenters. The molecule has 0 unspecified atom stereocenters. The first-order chi connectivity index (χ1) is 8.08. The smallest absolute Gasteiger partial charge is 0.194 e. The zero-order chi connectivity index (χ0) is 12.4. The normalized spacial score (nSPS) is 10.2. The van der Waals surface area contributed by atoms with Crippen molar-refractivity contribution in [3.8, 4) is 0 Å². The van der Waals surface area contributed by atoms with Crippen LogP contribution in [0.3, 0.4) is 0 Å². The molecule has 0 radical (unpaired) electrons. The van der Waals surface area contributed by atoms with Crippen LogP contribution in [0.15, 0.2) is 42.5 Å². The highest BCUT2D eigenvalue weighted by molar-refractivity contribution is 14.1. The summed E-state index contributed by atoms with van der Waals surface area (Å²) in [6, 6.07) is 12.3. The number of hydrogen-bond acceptors (Lipinski definition) is 2. The molecule has 0 aliphatic rings. The zero-order valence-corrected chi connectivity index (χ0v) is 11.7. The Balaban J connectivity index is 2.44. The third-order valence-electron chi connectivity index (χ3n) is 2.32. The molecule has 0 heterocycles. The van der Waals surface area contributed by atoms with E-state index < -0.39 is 0 Å². The first-order valence-electron chi connectivity index (χ1n) is 4.93. The Bertz CT molecular complexity index is 583. The van der Waals surface area contributed by atoms with Gasteiger partial charge in [-0.15, -0.1) is 0 Å². The van der Waals surface area contributed by atoms with Gasteiger partial charge >= 0.3 is 0 Å². The highest BCUT2D eigenvalue weighted by Crippen LogP contribution is 2.22. The lowest BCUT2D eigenvalue weighted by molar-refractivity contribution is 0.103. The van der Waals surface area contributed by atoms with Gasteiger partial charge in [0.1, 0.15) is 0 Å². The van der Waals surface area contributed by atoms with E-state index in [9.17, 15) is 4.79 Å². The van der Waals surface area contributed by atoms with Crippen molar-refractivity contribution in [1.82, 2.24) is 0 Å². The van der Waals surface area contributed by atoms with Gasteiger partial charge in [-0.3, -0.25) is 4.79 Å². The molecule has 2 N–H and O–H groups in total. The molecular weight excluding hydrogens is 349 g/mol. The minimum absolute atomic E-state index is 0.0893. The molecule has 0 aliphatic heterocycles. The number of anilines is 1. The van der Waals surface area contributed by atoms with Crippen molar-refractivity contribution < 1.29 is 4.79 Å². The van der Waals surface area contributed by atoms with E-state index in [-0.39, 0.29) is 5.78 Å². The van der Waals surface area contributed by atoms with Crippen LogP contribution in [-0.4, -0.2) is 5.78 Å². The van der Waals surface area contributed by atoms with Gasteiger partial charge in [-0.1, -0.05) is 23.7 Å². The molecule has 0 fully saturated rings. The number of rotatable bonds is 2. The molecule has 2 nitrogen and oxygen atoms in total.